The number of benzene rings is 1. The molecular formula is C27H32FN3O4S. The highest BCUT2D eigenvalue weighted by molar-refractivity contribution is 8.14. The maximum absolute atomic E-state index is 14.8. The molecule has 2 atom stereocenters. The second kappa shape index (κ2) is 12.0. The summed E-state index contributed by atoms with van der Waals surface area (Å²) < 4.78 is 21.5. The number of hydrogen-bond acceptors (Lipinski definition) is 7. The highest BCUT2D eigenvalue weighted by Crippen LogP contribution is 2.40. The van der Waals surface area contributed by atoms with Crippen molar-refractivity contribution >= 4 is 28.6 Å². The quantitative estimate of drug-likeness (QED) is 0.349. The van der Waals surface area contributed by atoms with E-state index < -0.39 is 6.04 Å². The molecule has 1 saturated heterocycles. The Morgan fingerprint density at radius 2 is 2.03 bits per heavy atom. The lowest BCUT2D eigenvalue weighted by atomic mass is 9.93. The van der Waals surface area contributed by atoms with Crippen LogP contribution < -0.4 is 0 Å². The summed E-state index contributed by atoms with van der Waals surface area (Å²) in [7, 11) is 0. The summed E-state index contributed by atoms with van der Waals surface area (Å²) in [4.78, 5) is 39.0. The van der Waals surface area contributed by atoms with Crippen molar-refractivity contribution in [2.75, 3.05) is 19.7 Å². The van der Waals surface area contributed by atoms with Gasteiger partial charge in [-0.15, -0.1) is 0 Å². The summed E-state index contributed by atoms with van der Waals surface area (Å²) in [5, 5.41) is 4.37. The van der Waals surface area contributed by atoms with Gasteiger partial charge in [-0.05, 0) is 37.8 Å². The highest BCUT2D eigenvalue weighted by atomic mass is 32.2. The number of carbonyl (C=O) groups is 3. The molecule has 1 aromatic heterocycles. The lowest BCUT2D eigenvalue weighted by Gasteiger charge is -2.38. The molecule has 1 aliphatic heterocycles. The summed E-state index contributed by atoms with van der Waals surface area (Å²) in [5.41, 5.74) is 2.21. The third-order valence-corrected chi connectivity index (χ3v) is 7.64. The molecule has 0 bridgehead atoms. The van der Waals surface area contributed by atoms with E-state index in [9.17, 15) is 18.8 Å². The summed E-state index contributed by atoms with van der Waals surface area (Å²) in [5.74, 6) is -0.593. The molecular weight excluding hydrogens is 481 g/mol. The molecule has 36 heavy (non-hydrogen) atoms. The number of aromatic nitrogens is 2. The van der Waals surface area contributed by atoms with Gasteiger partial charge in [0.1, 0.15) is 5.82 Å². The number of halogens is 1. The Labute approximate surface area is 215 Å². The number of Topliss-reactive ketones (excluding diaryl/α,β-unsaturated/α-hetero) is 1. The minimum atomic E-state index is -0.633. The van der Waals surface area contributed by atoms with Crippen LogP contribution in [0, 0.1) is 11.7 Å². The van der Waals surface area contributed by atoms with Gasteiger partial charge in [-0.1, -0.05) is 36.0 Å². The molecule has 2 fully saturated rings. The minimum Gasteiger partial charge on any atom is -0.466 e. The first kappa shape index (κ1) is 26.3. The molecule has 4 rings (SSSR count). The van der Waals surface area contributed by atoms with Crippen LogP contribution in [0.5, 0.6) is 0 Å². The predicted octanol–water partition coefficient (Wildman–Crippen LogP) is 4.13. The second-order valence-corrected chi connectivity index (χ2v) is 10.7. The largest absolute Gasteiger partial charge is 0.466 e. The third kappa shape index (κ3) is 6.70. The minimum absolute atomic E-state index is 0.00625. The SMILES string of the molecule is CCOC(=O)Cc1cnn(C/C=C2\CN(C(C(=O)C3CC3)c3ccccc3F)CCC2SC(C)=O)c1. The van der Waals surface area contributed by atoms with Gasteiger partial charge in [0.05, 0.1) is 31.8 Å². The van der Waals surface area contributed by atoms with E-state index in [0.29, 0.717) is 38.2 Å². The maximum atomic E-state index is 14.8. The van der Waals surface area contributed by atoms with E-state index in [4.69, 9.17) is 4.74 Å². The van der Waals surface area contributed by atoms with E-state index in [-0.39, 0.29) is 40.3 Å². The van der Waals surface area contributed by atoms with Gasteiger partial charge in [-0.2, -0.15) is 5.10 Å². The van der Waals surface area contributed by atoms with Crippen molar-refractivity contribution in [2.45, 2.75) is 57.4 Å². The average Bonchev–Trinajstić information content (AvgIpc) is 3.60. The van der Waals surface area contributed by atoms with Crippen molar-refractivity contribution in [1.82, 2.24) is 14.7 Å². The van der Waals surface area contributed by atoms with Crippen LogP contribution >= 0.6 is 11.8 Å². The van der Waals surface area contributed by atoms with Crippen LogP contribution in [0.4, 0.5) is 4.39 Å². The molecule has 2 aliphatic rings. The maximum Gasteiger partial charge on any atom is 0.310 e. The normalized spacial score (nSPS) is 20.3. The van der Waals surface area contributed by atoms with E-state index in [1.54, 1.807) is 49.1 Å². The number of carbonyl (C=O) groups excluding carboxylic acids is 3. The highest BCUT2D eigenvalue weighted by Gasteiger charge is 2.41. The van der Waals surface area contributed by atoms with Gasteiger partial charge in [0.15, 0.2) is 10.9 Å². The second-order valence-electron chi connectivity index (χ2n) is 9.29. The van der Waals surface area contributed by atoms with E-state index in [1.807, 2.05) is 6.08 Å². The van der Waals surface area contributed by atoms with E-state index in [2.05, 4.69) is 10.00 Å². The van der Waals surface area contributed by atoms with Gasteiger partial charge in [0, 0.05) is 48.5 Å². The summed E-state index contributed by atoms with van der Waals surface area (Å²) in [6, 6.07) is 5.88. The van der Waals surface area contributed by atoms with Crippen molar-refractivity contribution in [3.63, 3.8) is 0 Å². The molecule has 0 radical (unpaired) electrons. The molecule has 7 nitrogen and oxygen atoms in total. The van der Waals surface area contributed by atoms with Crippen LogP contribution in [0.25, 0.3) is 0 Å². The zero-order valence-electron chi connectivity index (χ0n) is 20.7. The average molecular weight is 514 g/mol. The first-order valence-electron chi connectivity index (χ1n) is 12.4. The zero-order valence-corrected chi connectivity index (χ0v) is 21.5. The van der Waals surface area contributed by atoms with Crippen LogP contribution in [-0.2, 0) is 32.1 Å². The fourth-order valence-corrected chi connectivity index (χ4v) is 5.59. The number of nitrogens with zero attached hydrogens (tertiary/aromatic N) is 3. The summed E-state index contributed by atoms with van der Waals surface area (Å²) in [6.45, 7) is 5.20. The molecule has 0 N–H and O–H groups in total. The van der Waals surface area contributed by atoms with Crippen LogP contribution in [0.15, 0.2) is 48.3 Å². The third-order valence-electron chi connectivity index (χ3n) is 6.48. The lowest BCUT2D eigenvalue weighted by Crippen LogP contribution is -2.43. The number of piperidine rings is 1. The number of ether oxygens (including phenoxy) is 1. The standard InChI is InChI=1S/C27H32FN3O4S/c1-3-35-25(33)14-19-15-29-31(16-19)13-10-21-17-30(12-11-24(21)36-18(2)32)26(27(34)20-8-9-20)22-6-4-5-7-23(22)28/h4-7,10,15-16,20,24,26H,3,8-9,11-14,17H2,1-2H3/b21-10+. The van der Waals surface area contributed by atoms with Gasteiger partial charge in [0.2, 0.25) is 0 Å². The number of allylic oxidation sites excluding steroid dienone is 1. The lowest BCUT2D eigenvalue weighted by molar-refractivity contribution is -0.142. The topological polar surface area (TPSA) is 81.5 Å². The zero-order chi connectivity index (χ0) is 25.7. The molecule has 2 unspecified atom stereocenters. The molecule has 0 amide bonds. The number of likely N-dealkylation sites (tertiary alicyclic amines) is 1. The fourth-order valence-electron chi connectivity index (χ4n) is 4.64. The smallest absolute Gasteiger partial charge is 0.310 e. The van der Waals surface area contributed by atoms with Crippen molar-refractivity contribution in [1.29, 1.82) is 0 Å². The first-order valence-corrected chi connectivity index (χ1v) is 13.3. The van der Waals surface area contributed by atoms with Gasteiger partial charge in [-0.25, -0.2) is 4.39 Å². The van der Waals surface area contributed by atoms with Gasteiger partial charge < -0.3 is 4.74 Å². The molecule has 1 saturated carbocycles. The molecule has 0 spiro atoms. The predicted molar refractivity (Wildman–Crippen MR) is 136 cm³/mol. The summed E-state index contributed by atoms with van der Waals surface area (Å²) >= 11 is 1.29. The summed E-state index contributed by atoms with van der Waals surface area (Å²) in [6.07, 6.45) is 8.05. The number of rotatable bonds is 10. The van der Waals surface area contributed by atoms with E-state index in [1.165, 1.54) is 17.8 Å². The fraction of sp³-hybridized carbons (Fsp3) is 0.481. The number of hydrogen-bond donors (Lipinski definition) is 0. The van der Waals surface area contributed by atoms with Gasteiger partial charge >= 0.3 is 5.97 Å². The Morgan fingerprint density at radius 3 is 2.72 bits per heavy atom. The first-order chi connectivity index (χ1) is 17.4. The van der Waals surface area contributed by atoms with Crippen LogP contribution in [0.1, 0.15) is 50.3 Å². The van der Waals surface area contributed by atoms with Crippen LogP contribution in [0.2, 0.25) is 0 Å². The van der Waals surface area contributed by atoms with E-state index in [0.717, 1.165) is 24.0 Å². The Balaban J connectivity index is 1.54. The van der Waals surface area contributed by atoms with Crippen molar-refractivity contribution in [3.8, 4) is 0 Å². The molecule has 2 aromatic rings. The Bertz CT molecular complexity index is 1140. The van der Waals surface area contributed by atoms with Crippen molar-refractivity contribution in [3.05, 3.63) is 65.3 Å². The Kier molecular flexibility index (Phi) is 8.74. The molecule has 2 heterocycles. The number of esters is 1. The van der Waals surface area contributed by atoms with Crippen molar-refractivity contribution < 1.29 is 23.5 Å². The van der Waals surface area contributed by atoms with Gasteiger partial charge in [-0.3, -0.25) is 24.0 Å². The number of thioether (sulfide) groups is 1. The Hall–Kier alpha value is -2.78. The Morgan fingerprint density at radius 1 is 1.25 bits per heavy atom. The molecule has 9 heteroatoms. The van der Waals surface area contributed by atoms with Crippen LogP contribution in [-0.4, -0.2) is 56.5 Å². The monoisotopic (exact) mass is 513 g/mol. The van der Waals surface area contributed by atoms with Gasteiger partial charge in [0.25, 0.3) is 0 Å². The number of ketones is 1. The van der Waals surface area contributed by atoms with Crippen LogP contribution in [0.3, 0.4) is 0 Å². The molecule has 1 aliphatic carbocycles. The molecule has 1 aromatic carbocycles. The molecule has 192 valence electrons. The van der Waals surface area contributed by atoms with Crippen molar-refractivity contribution in [2.24, 2.45) is 5.92 Å². The van der Waals surface area contributed by atoms with E-state index >= 15 is 0 Å².